The van der Waals surface area contributed by atoms with E-state index < -0.39 is 0 Å². The van der Waals surface area contributed by atoms with Crippen LogP contribution < -0.4 is 5.32 Å². The first kappa shape index (κ1) is 16.8. The summed E-state index contributed by atoms with van der Waals surface area (Å²) in [4.78, 5) is 12.8. The zero-order valence-corrected chi connectivity index (χ0v) is 14.8. The van der Waals surface area contributed by atoms with E-state index in [0.717, 1.165) is 21.9 Å². The number of aromatic nitrogens is 2. The van der Waals surface area contributed by atoms with Crippen LogP contribution in [0.2, 0.25) is 0 Å². The maximum Gasteiger partial charge on any atom is 0.224 e. The van der Waals surface area contributed by atoms with E-state index in [4.69, 9.17) is 0 Å². The van der Waals surface area contributed by atoms with Gasteiger partial charge in [-0.05, 0) is 35.1 Å². The van der Waals surface area contributed by atoms with Crippen LogP contribution in [0.1, 0.15) is 30.0 Å². The smallest absolute Gasteiger partial charge is 0.224 e. The molecule has 1 aliphatic rings. The van der Waals surface area contributed by atoms with Crippen LogP contribution in [-0.4, -0.2) is 26.9 Å². The van der Waals surface area contributed by atoms with Gasteiger partial charge in [0.1, 0.15) is 0 Å². The van der Waals surface area contributed by atoms with Crippen LogP contribution in [-0.2, 0) is 18.3 Å². The fourth-order valence-corrected chi connectivity index (χ4v) is 3.82. The standard InChI is InChI=1S/C21H23N3O2/c1-24-13-17(12-22-24)21(16-9-18(25)10-16)23-20(26)11-15-7-4-6-14-5-2-3-8-19(14)15/h2-8,12-13,16,18,21,25H,9-11H2,1H3,(H,23,26). The number of benzene rings is 2. The van der Waals surface area contributed by atoms with Gasteiger partial charge in [0.2, 0.25) is 5.91 Å². The number of carbonyl (C=O) groups is 1. The maximum atomic E-state index is 12.8. The number of hydrogen-bond donors (Lipinski definition) is 2. The van der Waals surface area contributed by atoms with Gasteiger partial charge in [-0.15, -0.1) is 0 Å². The number of aliphatic hydroxyl groups excluding tert-OH is 1. The van der Waals surface area contributed by atoms with Gasteiger partial charge in [-0.25, -0.2) is 0 Å². The molecule has 2 N–H and O–H groups in total. The lowest BCUT2D eigenvalue weighted by molar-refractivity contribution is -0.122. The average Bonchev–Trinajstić information content (AvgIpc) is 3.04. The van der Waals surface area contributed by atoms with E-state index in [0.29, 0.717) is 19.3 Å². The second kappa shape index (κ2) is 6.92. The van der Waals surface area contributed by atoms with Crippen LogP contribution in [0, 0.1) is 5.92 Å². The lowest BCUT2D eigenvalue weighted by atomic mass is 9.75. The molecular formula is C21H23N3O2. The SMILES string of the molecule is Cn1cc(C(NC(=O)Cc2cccc3ccccc23)C2CC(O)C2)cn1. The molecule has 1 aliphatic carbocycles. The predicted octanol–water partition coefficient (Wildman–Crippen LogP) is 2.74. The number of nitrogens with zero attached hydrogens (tertiary/aromatic N) is 2. The Morgan fingerprint density at radius 3 is 2.77 bits per heavy atom. The second-order valence-corrected chi connectivity index (χ2v) is 7.19. The van der Waals surface area contributed by atoms with Gasteiger partial charge in [0.25, 0.3) is 0 Å². The van der Waals surface area contributed by atoms with Crippen molar-refractivity contribution in [3.05, 3.63) is 66.0 Å². The Balaban J connectivity index is 1.53. The molecule has 1 fully saturated rings. The summed E-state index contributed by atoms with van der Waals surface area (Å²) in [6.07, 6.45) is 5.26. The molecule has 1 saturated carbocycles. The van der Waals surface area contributed by atoms with Crippen molar-refractivity contribution >= 4 is 16.7 Å². The molecule has 0 radical (unpaired) electrons. The van der Waals surface area contributed by atoms with Crippen molar-refractivity contribution < 1.29 is 9.90 Å². The number of amides is 1. The number of aliphatic hydroxyl groups is 1. The number of nitrogens with one attached hydrogen (secondary N) is 1. The van der Waals surface area contributed by atoms with E-state index in [-0.39, 0.29) is 24.0 Å². The molecule has 4 rings (SSSR count). The third-order valence-corrected chi connectivity index (χ3v) is 5.25. The van der Waals surface area contributed by atoms with Crippen LogP contribution in [0.3, 0.4) is 0 Å². The van der Waals surface area contributed by atoms with Crippen LogP contribution >= 0.6 is 0 Å². The van der Waals surface area contributed by atoms with E-state index in [1.807, 2.05) is 37.5 Å². The zero-order valence-electron chi connectivity index (χ0n) is 14.8. The number of rotatable bonds is 5. The number of hydrogen-bond acceptors (Lipinski definition) is 3. The molecule has 1 heterocycles. The van der Waals surface area contributed by atoms with Gasteiger partial charge in [-0.3, -0.25) is 9.48 Å². The normalized spacial score (nSPS) is 20.5. The van der Waals surface area contributed by atoms with Gasteiger partial charge in [0.15, 0.2) is 0 Å². The molecule has 5 heteroatoms. The lowest BCUT2D eigenvalue weighted by Gasteiger charge is -2.37. The van der Waals surface area contributed by atoms with Gasteiger partial charge in [0, 0.05) is 18.8 Å². The second-order valence-electron chi connectivity index (χ2n) is 7.19. The molecule has 0 saturated heterocycles. The van der Waals surface area contributed by atoms with Crippen LogP contribution in [0.5, 0.6) is 0 Å². The Kier molecular flexibility index (Phi) is 4.47. The molecule has 134 valence electrons. The van der Waals surface area contributed by atoms with E-state index in [1.165, 1.54) is 0 Å². The topological polar surface area (TPSA) is 67.2 Å². The Labute approximate surface area is 152 Å². The lowest BCUT2D eigenvalue weighted by Crippen LogP contribution is -2.41. The summed E-state index contributed by atoms with van der Waals surface area (Å²) in [7, 11) is 1.87. The summed E-state index contributed by atoms with van der Waals surface area (Å²) in [6, 6.07) is 14.1. The van der Waals surface area contributed by atoms with E-state index >= 15 is 0 Å². The summed E-state index contributed by atoms with van der Waals surface area (Å²) in [5, 5.41) is 19.3. The molecule has 1 unspecified atom stereocenters. The van der Waals surface area contributed by atoms with Crippen LogP contribution in [0.25, 0.3) is 10.8 Å². The molecular weight excluding hydrogens is 326 g/mol. The van der Waals surface area contributed by atoms with Crippen molar-refractivity contribution in [3.8, 4) is 0 Å². The third-order valence-electron chi connectivity index (χ3n) is 5.25. The zero-order chi connectivity index (χ0) is 18.1. The van der Waals surface area contributed by atoms with Crippen LogP contribution in [0.4, 0.5) is 0 Å². The molecule has 5 nitrogen and oxygen atoms in total. The minimum Gasteiger partial charge on any atom is -0.393 e. The van der Waals surface area contributed by atoms with Crippen molar-refractivity contribution in [2.24, 2.45) is 13.0 Å². The summed E-state index contributed by atoms with van der Waals surface area (Å²) in [5.41, 5.74) is 2.02. The van der Waals surface area contributed by atoms with E-state index in [1.54, 1.807) is 10.9 Å². The van der Waals surface area contributed by atoms with Gasteiger partial charge in [-0.2, -0.15) is 5.10 Å². The maximum absolute atomic E-state index is 12.8. The fraction of sp³-hybridized carbons (Fsp3) is 0.333. The molecule has 3 aromatic rings. The van der Waals surface area contributed by atoms with Crippen LogP contribution in [0.15, 0.2) is 54.9 Å². The third kappa shape index (κ3) is 3.35. The van der Waals surface area contributed by atoms with Gasteiger partial charge in [-0.1, -0.05) is 42.5 Å². The van der Waals surface area contributed by atoms with Crippen molar-refractivity contribution in [1.29, 1.82) is 0 Å². The Morgan fingerprint density at radius 2 is 2.04 bits per heavy atom. The number of fused-ring (bicyclic) bond motifs is 1. The quantitative estimate of drug-likeness (QED) is 0.744. The Hall–Kier alpha value is -2.66. The molecule has 1 atom stereocenters. The van der Waals surface area contributed by atoms with E-state index in [2.05, 4.69) is 28.6 Å². The minimum absolute atomic E-state index is 0.00315. The Morgan fingerprint density at radius 1 is 1.27 bits per heavy atom. The first-order chi connectivity index (χ1) is 12.6. The highest BCUT2D eigenvalue weighted by molar-refractivity contribution is 5.90. The molecule has 1 amide bonds. The van der Waals surface area contributed by atoms with Crippen molar-refractivity contribution in [2.45, 2.75) is 31.4 Å². The number of carbonyl (C=O) groups excluding carboxylic acids is 1. The van der Waals surface area contributed by atoms with Gasteiger partial charge >= 0.3 is 0 Å². The summed E-state index contributed by atoms with van der Waals surface area (Å²) < 4.78 is 1.74. The minimum atomic E-state index is -0.255. The highest BCUT2D eigenvalue weighted by Gasteiger charge is 2.36. The average molecular weight is 349 g/mol. The summed E-state index contributed by atoms with van der Waals surface area (Å²) in [6.45, 7) is 0. The molecule has 0 bridgehead atoms. The van der Waals surface area contributed by atoms with E-state index in [9.17, 15) is 9.90 Å². The first-order valence-corrected chi connectivity index (χ1v) is 9.03. The molecule has 0 spiro atoms. The van der Waals surface area contributed by atoms with Crippen molar-refractivity contribution in [1.82, 2.24) is 15.1 Å². The molecule has 1 aromatic heterocycles. The van der Waals surface area contributed by atoms with Gasteiger partial charge in [0.05, 0.1) is 24.8 Å². The molecule has 2 aromatic carbocycles. The largest absolute Gasteiger partial charge is 0.393 e. The molecule has 0 aliphatic heterocycles. The summed E-state index contributed by atoms with van der Waals surface area (Å²) >= 11 is 0. The number of aryl methyl sites for hydroxylation is 1. The highest BCUT2D eigenvalue weighted by Crippen LogP contribution is 2.38. The van der Waals surface area contributed by atoms with Gasteiger partial charge < -0.3 is 10.4 Å². The predicted molar refractivity (Wildman–Crippen MR) is 100 cm³/mol. The van der Waals surface area contributed by atoms with Crippen molar-refractivity contribution in [3.63, 3.8) is 0 Å². The monoisotopic (exact) mass is 349 g/mol. The Bertz CT molecular complexity index is 922. The van der Waals surface area contributed by atoms with Crippen molar-refractivity contribution in [2.75, 3.05) is 0 Å². The summed E-state index contributed by atoms with van der Waals surface area (Å²) in [5.74, 6) is 0.252. The fourth-order valence-electron chi connectivity index (χ4n) is 3.82. The highest BCUT2D eigenvalue weighted by atomic mass is 16.3. The molecule has 26 heavy (non-hydrogen) atoms. The first-order valence-electron chi connectivity index (χ1n) is 9.03.